The predicted octanol–water partition coefficient (Wildman–Crippen LogP) is 3.62. The summed E-state index contributed by atoms with van der Waals surface area (Å²) in [6.45, 7) is 8.67. The highest BCUT2D eigenvalue weighted by atomic mass is 16.5. The summed E-state index contributed by atoms with van der Waals surface area (Å²) in [4.78, 5) is 12.1. The molecule has 1 aliphatic rings. The molecule has 3 nitrogen and oxygen atoms in total. The first kappa shape index (κ1) is 15.9. The van der Waals surface area contributed by atoms with Gasteiger partial charge in [-0.25, -0.2) is 0 Å². The van der Waals surface area contributed by atoms with E-state index in [0.717, 1.165) is 23.3 Å². The number of carbonyl (C=O) groups is 1. The number of hydrogen-bond acceptors (Lipinski definition) is 2. The van der Waals surface area contributed by atoms with Crippen molar-refractivity contribution in [3.8, 4) is 5.75 Å². The second-order valence-electron chi connectivity index (χ2n) is 6.55. The molecular formula is C18H27NO2. The van der Waals surface area contributed by atoms with Gasteiger partial charge >= 0.3 is 0 Å². The fourth-order valence-corrected chi connectivity index (χ4v) is 3.20. The van der Waals surface area contributed by atoms with Crippen molar-refractivity contribution in [1.29, 1.82) is 0 Å². The minimum absolute atomic E-state index is 0.0138. The van der Waals surface area contributed by atoms with Crippen LogP contribution in [0.25, 0.3) is 0 Å². The Bertz CT molecular complexity index is 478. The fourth-order valence-electron chi connectivity index (χ4n) is 3.20. The minimum Gasteiger partial charge on any atom is -0.484 e. The van der Waals surface area contributed by atoms with E-state index in [1.54, 1.807) is 0 Å². The Labute approximate surface area is 128 Å². The summed E-state index contributed by atoms with van der Waals surface area (Å²) in [5.74, 6) is 1.99. The normalized spacial score (nSPS) is 25.4. The first-order valence-corrected chi connectivity index (χ1v) is 7.96. The Kier molecular flexibility index (Phi) is 5.27. The van der Waals surface area contributed by atoms with Gasteiger partial charge in [-0.2, -0.15) is 0 Å². The van der Waals surface area contributed by atoms with Gasteiger partial charge in [0.2, 0.25) is 0 Å². The zero-order valence-corrected chi connectivity index (χ0v) is 13.6. The summed E-state index contributed by atoms with van der Waals surface area (Å²) in [6, 6.07) is 6.32. The van der Waals surface area contributed by atoms with Gasteiger partial charge in [-0.15, -0.1) is 0 Å². The van der Waals surface area contributed by atoms with Crippen molar-refractivity contribution in [2.45, 2.75) is 53.0 Å². The molecule has 0 unspecified atom stereocenters. The van der Waals surface area contributed by atoms with E-state index in [1.165, 1.54) is 12.8 Å². The number of hydrogen-bond donors (Lipinski definition) is 1. The van der Waals surface area contributed by atoms with Crippen LogP contribution < -0.4 is 10.1 Å². The van der Waals surface area contributed by atoms with Crippen molar-refractivity contribution in [2.75, 3.05) is 6.61 Å². The molecule has 0 saturated heterocycles. The summed E-state index contributed by atoms with van der Waals surface area (Å²) in [5, 5.41) is 3.13. The predicted molar refractivity (Wildman–Crippen MR) is 85.5 cm³/mol. The third-order valence-electron chi connectivity index (χ3n) is 4.62. The Morgan fingerprint density at radius 2 is 1.86 bits per heavy atom. The Morgan fingerprint density at radius 1 is 1.19 bits per heavy atom. The number of carbonyl (C=O) groups excluding carboxylic acids is 1. The van der Waals surface area contributed by atoms with E-state index in [1.807, 2.05) is 26.0 Å². The number of rotatable bonds is 4. The van der Waals surface area contributed by atoms with Gasteiger partial charge in [-0.3, -0.25) is 4.79 Å². The van der Waals surface area contributed by atoms with Crippen LogP contribution in [0.1, 0.15) is 44.2 Å². The van der Waals surface area contributed by atoms with E-state index in [2.05, 4.69) is 25.2 Å². The van der Waals surface area contributed by atoms with Gasteiger partial charge < -0.3 is 10.1 Å². The van der Waals surface area contributed by atoms with Crippen molar-refractivity contribution in [2.24, 2.45) is 11.8 Å². The van der Waals surface area contributed by atoms with Crippen molar-refractivity contribution in [3.63, 3.8) is 0 Å². The highest BCUT2D eigenvalue weighted by Crippen LogP contribution is 2.29. The molecule has 0 bridgehead atoms. The number of aryl methyl sites for hydroxylation is 2. The largest absolute Gasteiger partial charge is 0.484 e. The van der Waals surface area contributed by atoms with E-state index < -0.39 is 0 Å². The molecule has 1 aromatic rings. The number of ether oxygens (including phenoxy) is 1. The topological polar surface area (TPSA) is 38.3 Å². The summed E-state index contributed by atoms with van der Waals surface area (Å²) in [7, 11) is 0. The Hall–Kier alpha value is -1.51. The molecule has 116 valence electrons. The molecule has 1 aromatic carbocycles. The summed E-state index contributed by atoms with van der Waals surface area (Å²) < 4.78 is 5.62. The van der Waals surface area contributed by atoms with Crippen LogP contribution in [0.3, 0.4) is 0 Å². The monoisotopic (exact) mass is 289 g/mol. The minimum atomic E-state index is -0.0138. The molecule has 1 fully saturated rings. The fraction of sp³-hybridized carbons (Fsp3) is 0.611. The number of amides is 1. The maximum atomic E-state index is 12.1. The molecule has 3 atom stereocenters. The second kappa shape index (κ2) is 6.97. The van der Waals surface area contributed by atoms with Crippen LogP contribution in [0, 0.1) is 25.7 Å². The zero-order valence-electron chi connectivity index (χ0n) is 13.6. The molecule has 0 aliphatic heterocycles. The molecule has 1 N–H and O–H groups in total. The van der Waals surface area contributed by atoms with Crippen molar-refractivity contribution in [1.82, 2.24) is 5.32 Å². The lowest BCUT2D eigenvalue weighted by Gasteiger charge is -2.34. The zero-order chi connectivity index (χ0) is 15.4. The molecule has 2 rings (SSSR count). The van der Waals surface area contributed by atoms with Gasteiger partial charge in [0.15, 0.2) is 6.61 Å². The first-order chi connectivity index (χ1) is 9.95. The van der Waals surface area contributed by atoms with Gasteiger partial charge in [0.05, 0.1) is 0 Å². The maximum Gasteiger partial charge on any atom is 0.258 e. The molecule has 3 heteroatoms. The van der Waals surface area contributed by atoms with E-state index >= 15 is 0 Å². The molecule has 0 aromatic heterocycles. The number of nitrogens with one attached hydrogen (secondary N) is 1. The lowest BCUT2D eigenvalue weighted by atomic mass is 9.78. The van der Waals surface area contributed by atoms with E-state index in [4.69, 9.17) is 4.74 Å². The van der Waals surface area contributed by atoms with Gasteiger partial charge in [0, 0.05) is 6.04 Å². The molecule has 21 heavy (non-hydrogen) atoms. The first-order valence-electron chi connectivity index (χ1n) is 7.96. The molecule has 0 spiro atoms. The Balaban J connectivity index is 1.84. The van der Waals surface area contributed by atoms with E-state index in [-0.39, 0.29) is 12.5 Å². The second-order valence-corrected chi connectivity index (χ2v) is 6.55. The van der Waals surface area contributed by atoms with Crippen molar-refractivity contribution in [3.05, 3.63) is 29.3 Å². The lowest BCUT2D eigenvalue weighted by Crippen LogP contribution is -2.45. The standard InChI is InChI=1S/C18H27NO2/c1-12-8-13(2)10-16(9-12)21-11-18(20)19-17-7-5-6-14(3)15(17)4/h8-10,14-15,17H,5-7,11H2,1-4H3,(H,19,20)/t14-,15-,17+/m0/s1. The highest BCUT2D eigenvalue weighted by Gasteiger charge is 2.28. The summed E-state index contributed by atoms with van der Waals surface area (Å²) >= 11 is 0. The van der Waals surface area contributed by atoms with E-state index in [0.29, 0.717) is 17.9 Å². The van der Waals surface area contributed by atoms with Gasteiger partial charge in [0.25, 0.3) is 5.91 Å². The average Bonchev–Trinajstić information content (AvgIpc) is 2.41. The summed E-state index contributed by atoms with van der Waals surface area (Å²) in [6.07, 6.45) is 3.56. The van der Waals surface area contributed by atoms with Crippen LogP contribution >= 0.6 is 0 Å². The highest BCUT2D eigenvalue weighted by molar-refractivity contribution is 5.77. The summed E-state index contributed by atoms with van der Waals surface area (Å²) in [5.41, 5.74) is 2.31. The van der Waals surface area contributed by atoms with Crippen LogP contribution in [0.15, 0.2) is 18.2 Å². The smallest absolute Gasteiger partial charge is 0.258 e. The molecule has 1 saturated carbocycles. The molecule has 1 amide bonds. The molecule has 0 radical (unpaired) electrons. The van der Waals surface area contributed by atoms with E-state index in [9.17, 15) is 4.79 Å². The van der Waals surface area contributed by atoms with Crippen LogP contribution in [0.2, 0.25) is 0 Å². The van der Waals surface area contributed by atoms with Gasteiger partial charge in [-0.05, 0) is 55.4 Å². The molecule has 0 heterocycles. The molecular weight excluding hydrogens is 262 g/mol. The Morgan fingerprint density at radius 3 is 2.52 bits per heavy atom. The van der Waals surface area contributed by atoms with Crippen molar-refractivity contribution < 1.29 is 9.53 Å². The van der Waals surface area contributed by atoms with Crippen LogP contribution in [-0.2, 0) is 4.79 Å². The SMILES string of the molecule is Cc1cc(C)cc(OCC(=O)N[C@@H]2CCC[C@H](C)[C@@H]2C)c1. The van der Waals surface area contributed by atoms with Crippen LogP contribution in [0.4, 0.5) is 0 Å². The van der Waals surface area contributed by atoms with Gasteiger partial charge in [-0.1, -0.05) is 32.8 Å². The lowest BCUT2D eigenvalue weighted by molar-refractivity contribution is -0.124. The van der Waals surface area contributed by atoms with Crippen LogP contribution in [-0.4, -0.2) is 18.6 Å². The van der Waals surface area contributed by atoms with Crippen molar-refractivity contribution >= 4 is 5.91 Å². The maximum absolute atomic E-state index is 12.1. The average molecular weight is 289 g/mol. The third-order valence-corrected chi connectivity index (χ3v) is 4.62. The quantitative estimate of drug-likeness (QED) is 0.919. The molecule has 1 aliphatic carbocycles. The number of benzene rings is 1. The third kappa shape index (κ3) is 4.48. The van der Waals surface area contributed by atoms with Crippen LogP contribution in [0.5, 0.6) is 5.75 Å². The van der Waals surface area contributed by atoms with Gasteiger partial charge in [0.1, 0.15) is 5.75 Å².